The highest BCUT2D eigenvalue weighted by Crippen LogP contribution is 2.17. The number of sulfonamides is 1. The fourth-order valence-electron chi connectivity index (χ4n) is 2.51. The highest BCUT2D eigenvalue weighted by molar-refractivity contribution is 7.88. The van der Waals surface area contributed by atoms with E-state index in [0.717, 1.165) is 27.4 Å². The summed E-state index contributed by atoms with van der Waals surface area (Å²) < 4.78 is 30.4. The van der Waals surface area contributed by atoms with Crippen LogP contribution in [-0.4, -0.2) is 38.5 Å². The first-order chi connectivity index (χ1) is 12.7. The molecule has 1 N–H and O–H groups in total. The number of carbonyl (C=O) groups excluding carboxylic acids is 1. The average molecular weight is 411 g/mol. The smallest absolute Gasteiger partial charge is 0.235 e. The van der Waals surface area contributed by atoms with Crippen LogP contribution in [0.3, 0.4) is 0 Å². The quantitative estimate of drug-likeness (QED) is 0.725. The van der Waals surface area contributed by atoms with E-state index >= 15 is 0 Å². The summed E-state index contributed by atoms with van der Waals surface area (Å²) in [5, 5.41) is 3.39. The Morgan fingerprint density at radius 1 is 1.15 bits per heavy atom. The number of nitrogens with zero attached hydrogens (tertiary/aromatic N) is 1. The van der Waals surface area contributed by atoms with E-state index in [4.69, 9.17) is 16.3 Å². The third-order valence-corrected chi connectivity index (χ3v) is 5.50. The van der Waals surface area contributed by atoms with Gasteiger partial charge in [-0.3, -0.25) is 4.79 Å². The van der Waals surface area contributed by atoms with Gasteiger partial charge < -0.3 is 10.1 Å². The molecule has 0 saturated carbocycles. The molecule has 0 radical (unpaired) electrons. The molecule has 0 bridgehead atoms. The van der Waals surface area contributed by atoms with E-state index in [1.807, 2.05) is 19.1 Å². The molecule has 0 aliphatic rings. The Bertz CT molecular complexity index is 868. The van der Waals surface area contributed by atoms with Gasteiger partial charge in [-0.2, -0.15) is 4.31 Å². The molecule has 1 unspecified atom stereocenters. The van der Waals surface area contributed by atoms with Crippen LogP contribution in [0.4, 0.5) is 0 Å². The zero-order chi connectivity index (χ0) is 20.0. The maximum absolute atomic E-state index is 12.4. The number of carbonyl (C=O) groups is 1. The lowest BCUT2D eigenvalue weighted by molar-refractivity contribution is -0.122. The van der Waals surface area contributed by atoms with E-state index in [-0.39, 0.29) is 25.0 Å². The fourth-order valence-corrected chi connectivity index (χ4v) is 3.37. The lowest BCUT2D eigenvalue weighted by atomic mass is 10.1. The van der Waals surface area contributed by atoms with Gasteiger partial charge in [0.25, 0.3) is 0 Å². The Hall–Kier alpha value is -2.09. The number of hydrogen-bond acceptors (Lipinski definition) is 4. The Morgan fingerprint density at radius 3 is 2.26 bits per heavy atom. The van der Waals surface area contributed by atoms with E-state index in [2.05, 4.69) is 5.32 Å². The fraction of sp³-hybridized carbons (Fsp3) is 0.316. The molecule has 0 aromatic heterocycles. The van der Waals surface area contributed by atoms with Crippen LogP contribution in [-0.2, 0) is 21.4 Å². The van der Waals surface area contributed by atoms with Crippen LogP contribution < -0.4 is 10.1 Å². The molecule has 8 heteroatoms. The molecular weight excluding hydrogens is 388 g/mol. The van der Waals surface area contributed by atoms with Crippen LogP contribution in [0.25, 0.3) is 0 Å². The van der Waals surface area contributed by atoms with Crippen LogP contribution >= 0.6 is 11.6 Å². The van der Waals surface area contributed by atoms with E-state index < -0.39 is 10.0 Å². The lowest BCUT2D eigenvalue weighted by Crippen LogP contribution is -2.40. The maximum Gasteiger partial charge on any atom is 0.235 e. The van der Waals surface area contributed by atoms with E-state index in [1.165, 1.54) is 0 Å². The van der Waals surface area contributed by atoms with Crippen molar-refractivity contribution in [2.24, 2.45) is 0 Å². The predicted molar refractivity (Wildman–Crippen MR) is 106 cm³/mol. The van der Waals surface area contributed by atoms with Crippen LogP contribution in [0.5, 0.6) is 5.75 Å². The minimum atomic E-state index is -3.55. The van der Waals surface area contributed by atoms with Crippen molar-refractivity contribution in [1.82, 2.24) is 9.62 Å². The zero-order valence-corrected chi connectivity index (χ0v) is 17.0. The molecule has 6 nitrogen and oxygen atoms in total. The standard InChI is InChI=1S/C19H23ClN2O4S/c1-14(16-6-10-18(26-2)11-7-16)21-19(23)13-22(27(3,24)25)12-15-4-8-17(20)9-5-15/h4-11,14H,12-13H2,1-3H3,(H,21,23). The Kier molecular flexibility index (Phi) is 7.24. The molecule has 0 heterocycles. The summed E-state index contributed by atoms with van der Waals surface area (Å²) in [5.41, 5.74) is 1.65. The van der Waals surface area contributed by atoms with Crippen LogP contribution in [0, 0.1) is 0 Å². The zero-order valence-electron chi connectivity index (χ0n) is 15.5. The number of halogens is 1. The normalized spacial score (nSPS) is 12.6. The summed E-state index contributed by atoms with van der Waals surface area (Å²) in [5.74, 6) is 0.348. The summed E-state index contributed by atoms with van der Waals surface area (Å²) in [7, 11) is -1.97. The van der Waals surface area contributed by atoms with Crippen molar-refractivity contribution in [3.63, 3.8) is 0 Å². The molecule has 2 aromatic rings. The van der Waals surface area contributed by atoms with Gasteiger partial charge in [-0.25, -0.2) is 8.42 Å². The summed E-state index contributed by atoms with van der Waals surface area (Å²) in [6.07, 6.45) is 1.09. The molecule has 0 aliphatic carbocycles. The van der Waals surface area contributed by atoms with Gasteiger partial charge in [0.05, 0.1) is 26.0 Å². The first-order valence-corrected chi connectivity index (χ1v) is 10.5. The molecule has 0 saturated heterocycles. The highest BCUT2D eigenvalue weighted by atomic mass is 35.5. The van der Waals surface area contributed by atoms with Gasteiger partial charge >= 0.3 is 0 Å². The van der Waals surface area contributed by atoms with Crippen molar-refractivity contribution in [3.05, 3.63) is 64.7 Å². The number of hydrogen-bond donors (Lipinski definition) is 1. The van der Waals surface area contributed by atoms with Crippen molar-refractivity contribution in [2.45, 2.75) is 19.5 Å². The summed E-state index contributed by atoms with van der Waals surface area (Å²) in [6.45, 7) is 1.67. The molecule has 0 spiro atoms. The second-order valence-electron chi connectivity index (χ2n) is 6.22. The number of nitrogens with one attached hydrogen (secondary N) is 1. The molecule has 0 fully saturated rings. The first-order valence-electron chi connectivity index (χ1n) is 8.32. The Morgan fingerprint density at radius 2 is 1.74 bits per heavy atom. The van der Waals surface area contributed by atoms with Crippen molar-refractivity contribution in [3.8, 4) is 5.75 Å². The Labute approximate surface area is 165 Å². The maximum atomic E-state index is 12.4. The molecule has 1 amide bonds. The van der Waals surface area contributed by atoms with Gasteiger partial charge in [-0.05, 0) is 42.3 Å². The molecule has 0 aliphatic heterocycles. The third kappa shape index (κ3) is 6.53. The molecule has 1 atom stereocenters. The summed E-state index contributed by atoms with van der Waals surface area (Å²) in [4.78, 5) is 12.4. The topological polar surface area (TPSA) is 75.7 Å². The van der Waals surface area contributed by atoms with E-state index in [1.54, 1.807) is 43.5 Å². The molecule has 27 heavy (non-hydrogen) atoms. The second kappa shape index (κ2) is 9.21. The van der Waals surface area contributed by atoms with Crippen molar-refractivity contribution < 1.29 is 17.9 Å². The van der Waals surface area contributed by atoms with Crippen molar-refractivity contribution in [2.75, 3.05) is 19.9 Å². The molecule has 146 valence electrons. The van der Waals surface area contributed by atoms with Crippen molar-refractivity contribution >= 4 is 27.5 Å². The SMILES string of the molecule is COc1ccc(C(C)NC(=O)CN(Cc2ccc(Cl)cc2)S(C)(=O)=O)cc1. The van der Waals surface area contributed by atoms with Crippen molar-refractivity contribution in [1.29, 1.82) is 0 Å². The number of ether oxygens (including phenoxy) is 1. The number of amides is 1. The monoisotopic (exact) mass is 410 g/mol. The summed E-state index contributed by atoms with van der Waals surface area (Å²) in [6, 6.07) is 13.9. The number of methoxy groups -OCH3 is 1. The van der Waals surface area contributed by atoms with Gasteiger partial charge in [0.1, 0.15) is 5.75 Å². The predicted octanol–water partition coefficient (Wildman–Crippen LogP) is 2.99. The molecule has 2 rings (SSSR count). The third-order valence-electron chi connectivity index (χ3n) is 4.05. The van der Waals surface area contributed by atoms with Gasteiger partial charge in [0, 0.05) is 11.6 Å². The van der Waals surface area contributed by atoms with Crippen LogP contribution in [0.15, 0.2) is 48.5 Å². The van der Waals surface area contributed by atoms with Crippen LogP contribution in [0.2, 0.25) is 5.02 Å². The van der Waals surface area contributed by atoms with Gasteiger partial charge in [-0.1, -0.05) is 35.9 Å². The largest absolute Gasteiger partial charge is 0.497 e. The number of benzene rings is 2. The second-order valence-corrected chi connectivity index (χ2v) is 8.64. The van der Waals surface area contributed by atoms with Gasteiger partial charge in [0.15, 0.2) is 0 Å². The lowest BCUT2D eigenvalue weighted by Gasteiger charge is -2.21. The highest BCUT2D eigenvalue weighted by Gasteiger charge is 2.21. The minimum Gasteiger partial charge on any atom is -0.497 e. The number of rotatable bonds is 8. The molecule has 2 aromatic carbocycles. The van der Waals surface area contributed by atoms with E-state index in [9.17, 15) is 13.2 Å². The molecular formula is C19H23ClN2O4S. The Balaban J connectivity index is 2.03. The first kappa shape index (κ1) is 21.2. The minimum absolute atomic E-state index is 0.0976. The van der Waals surface area contributed by atoms with Gasteiger partial charge in [-0.15, -0.1) is 0 Å². The van der Waals surface area contributed by atoms with E-state index in [0.29, 0.717) is 5.02 Å². The average Bonchev–Trinajstić information content (AvgIpc) is 2.62. The summed E-state index contributed by atoms with van der Waals surface area (Å²) >= 11 is 5.85. The van der Waals surface area contributed by atoms with Gasteiger partial charge in [0.2, 0.25) is 15.9 Å². The van der Waals surface area contributed by atoms with Crippen LogP contribution in [0.1, 0.15) is 24.1 Å².